The average Bonchev–Trinajstić information content (AvgIpc) is 3.40. The zero-order valence-corrected chi connectivity index (χ0v) is 20.4. The summed E-state index contributed by atoms with van der Waals surface area (Å²) in [5.74, 6) is 1.69. The van der Waals surface area contributed by atoms with Crippen LogP contribution in [0.3, 0.4) is 0 Å². The van der Waals surface area contributed by atoms with Gasteiger partial charge in [0.2, 0.25) is 5.91 Å². The summed E-state index contributed by atoms with van der Waals surface area (Å²) < 4.78 is 8.07. The van der Waals surface area contributed by atoms with Crippen molar-refractivity contribution in [2.75, 3.05) is 18.1 Å². The number of aryl methyl sites for hydroxylation is 3. The van der Waals surface area contributed by atoms with E-state index in [2.05, 4.69) is 4.57 Å². The Morgan fingerprint density at radius 2 is 1.71 bits per heavy atom. The molecule has 5 rings (SSSR count). The Labute approximate surface area is 205 Å². The SMILES string of the molecule is Cc1ccc(N2C[C@@H](c3nc4ccccc4n3C[C@H](O)COc3c(C)cccc3C)CC2=O)cc1. The normalized spacial score (nSPS) is 16.7. The second kappa shape index (κ2) is 9.55. The monoisotopic (exact) mass is 469 g/mol. The lowest BCUT2D eigenvalue weighted by atomic mass is 10.1. The first-order chi connectivity index (χ1) is 16.9. The van der Waals surface area contributed by atoms with Crippen LogP contribution in [0, 0.1) is 20.8 Å². The molecule has 1 aromatic heterocycles. The molecule has 1 amide bonds. The number of benzene rings is 3. The maximum Gasteiger partial charge on any atom is 0.227 e. The van der Waals surface area contributed by atoms with Crippen molar-refractivity contribution in [2.45, 2.75) is 45.8 Å². The highest BCUT2D eigenvalue weighted by Crippen LogP contribution is 2.33. The molecule has 35 heavy (non-hydrogen) atoms. The average molecular weight is 470 g/mol. The molecule has 2 heterocycles. The van der Waals surface area contributed by atoms with Gasteiger partial charge in [-0.2, -0.15) is 0 Å². The Kier molecular flexibility index (Phi) is 6.31. The van der Waals surface area contributed by atoms with Gasteiger partial charge in [-0.3, -0.25) is 4.79 Å². The topological polar surface area (TPSA) is 67.6 Å². The molecule has 1 aliphatic heterocycles. The van der Waals surface area contributed by atoms with E-state index < -0.39 is 6.10 Å². The predicted octanol–water partition coefficient (Wildman–Crippen LogP) is 4.92. The minimum atomic E-state index is -0.726. The molecule has 0 bridgehead atoms. The van der Waals surface area contributed by atoms with Gasteiger partial charge in [0.25, 0.3) is 0 Å². The number of aromatic nitrogens is 2. The Morgan fingerprint density at radius 1 is 1.00 bits per heavy atom. The van der Waals surface area contributed by atoms with Crippen LogP contribution in [0.5, 0.6) is 5.75 Å². The number of hydrogen-bond donors (Lipinski definition) is 1. The van der Waals surface area contributed by atoms with Crippen LogP contribution >= 0.6 is 0 Å². The third-order valence-corrected chi connectivity index (χ3v) is 6.74. The van der Waals surface area contributed by atoms with Crippen LogP contribution in [-0.2, 0) is 11.3 Å². The van der Waals surface area contributed by atoms with Gasteiger partial charge < -0.3 is 19.3 Å². The number of para-hydroxylation sites is 3. The van der Waals surface area contributed by atoms with Gasteiger partial charge in [-0.05, 0) is 56.2 Å². The number of carbonyl (C=O) groups is 1. The van der Waals surface area contributed by atoms with E-state index in [1.54, 1.807) is 0 Å². The second-order valence-electron chi connectivity index (χ2n) is 9.50. The Balaban J connectivity index is 1.39. The van der Waals surface area contributed by atoms with Crippen molar-refractivity contribution in [3.63, 3.8) is 0 Å². The minimum absolute atomic E-state index is 0.0528. The lowest BCUT2D eigenvalue weighted by molar-refractivity contribution is -0.117. The van der Waals surface area contributed by atoms with E-state index in [1.807, 2.05) is 92.4 Å². The van der Waals surface area contributed by atoms with E-state index in [-0.39, 0.29) is 18.4 Å². The number of amides is 1. The van der Waals surface area contributed by atoms with Crippen molar-refractivity contribution in [3.8, 4) is 5.75 Å². The number of fused-ring (bicyclic) bond motifs is 1. The molecular weight excluding hydrogens is 438 g/mol. The van der Waals surface area contributed by atoms with Crippen LogP contribution in [0.2, 0.25) is 0 Å². The summed E-state index contributed by atoms with van der Waals surface area (Å²) in [6, 6.07) is 22.0. The number of anilines is 1. The second-order valence-corrected chi connectivity index (χ2v) is 9.50. The first-order valence-corrected chi connectivity index (χ1v) is 12.1. The molecule has 0 saturated carbocycles. The summed E-state index contributed by atoms with van der Waals surface area (Å²) >= 11 is 0. The number of hydrogen-bond acceptors (Lipinski definition) is 4. The molecule has 4 aromatic rings. The molecule has 0 unspecified atom stereocenters. The highest BCUT2D eigenvalue weighted by molar-refractivity contribution is 5.96. The van der Waals surface area contributed by atoms with Crippen LogP contribution in [0.4, 0.5) is 5.69 Å². The third-order valence-electron chi connectivity index (χ3n) is 6.74. The van der Waals surface area contributed by atoms with E-state index in [0.717, 1.165) is 45.0 Å². The Bertz CT molecular complexity index is 1340. The van der Waals surface area contributed by atoms with Crippen LogP contribution in [0.1, 0.15) is 34.9 Å². The molecule has 0 spiro atoms. The summed E-state index contributed by atoms with van der Waals surface area (Å²) in [7, 11) is 0. The fourth-order valence-electron chi connectivity index (χ4n) is 4.92. The van der Waals surface area contributed by atoms with E-state index in [9.17, 15) is 9.90 Å². The summed E-state index contributed by atoms with van der Waals surface area (Å²) in [6.45, 7) is 7.14. The lowest BCUT2D eigenvalue weighted by Crippen LogP contribution is -2.26. The molecule has 1 saturated heterocycles. The summed E-state index contributed by atoms with van der Waals surface area (Å²) in [5, 5.41) is 10.9. The lowest BCUT2D eigenvalue weighted by Gasteiger charge is -2.20. The fourth-order valence-corrected chi connectivity index (χ4v) is 4.92. The van der Waals surface area contributed by atoms with E-state index in [0.29, 0.717) is 19.5 Å². The Morgan fingerprint density at radius 3 is 2.46 bits per heavy atom. The summed E-state index contributed by atoms with van der Waals surface area (Å²) in [6.07, 6.45) is -0.331. The number of nitrogens with zero attached hydrogens (tertiary/aromatic N) is 3. The highest BCUT2D eigenvalue weighted by Gasteiger charge is 2.35. The molecule has 0 aliphatic carbocycles. The van der Waals surface area contributed by atoms with Crippen molar-refractivity contribution < 1.29 is 14.6 Å². The van der Waals surface area contributed by atoms with Crippen molar-refractivity contribution in [2.24, 2.45) is 0 Å². The van der Waals surface area contributed by atoms with Crippen molar-refractivity contribution in [3.05, 3.63) is 89.2 Å². The number of aliphatic hydroxyl groups is 1. The summed E-state index contributed by atoms with van der Waals surface area (Å²) in [5.41, 5.74) is 5.99. The fraction of sp³-hybridized carbons (Fsp3) is 0.310. The van der Waals surface area contributed by atoms with Crippen LogP contribution < -0.4 is 9.64 Å². The number of carbonyl (C=O) groups excluding carboxylic acids is 1. The number of aliphatic hydroxyl groups excluding tert-OH is 1. The van der Waals surface area contributed by atoms with Crippen LogP contribution in [-0.4, -0.2) is 39.8 Å². The van der Waals surface area contributed by atoms with E-state index >= 15 is 0 Å². The van der Waals surface area contributed by atoms with Gasteiger partial charge in [-0.1, -0.05) is 48.0 Å². The minimum Gasteiger partial charge on any atom is -0.490 e. The molecular formula is C29H31N3O3. The first kappa shape index (κ1) is 23.1. The molecule has 1 aliphatic rings. The van der Waals surface area contributed by atoms with Gasteiger partial charge in [0.15, 0.2) is 0 Å². The number of imidazole rings is 1. The predicted molar refractivity (Wildman–Crippen MR) is 138 cm³/mol. The van der Waals surface area contributed by atoms with E-state index in [4.69, 9.17) is 9.72 Å². The Hall–Kier alpha value is -3.64. The molecule has 1 N–H and O–H groups in total. The van der Waals surface area contributed by atoms with Crippen molar-refractivity contribution >= 4 is 22.6 Å². The molecule has 6 heteroatoms. The zero-order valence-electron chi connectivity index (χ0n) is 20.4. The molecule has 6 nitrogen and oxygen atoms in total. The van der Waals surface area contributed by atoms with Gasteiger partial charge >= 0.3 is 0 Å². The first-order valence-electron chi connectivity index (χ1n) is 12.1. The van der Waals surface area contributed by atoms with Gasteiger partial charge in [0, 0.05) is 24.6 Å². The van der Waals surface area contributed by atoms with Gasteiger partial charge in [-0.25, -0.2) is 4.98 Å². The van der Waals surface area contributed by atoms with Gasteiger partial charge in [-0.15, -0.1) is 0 Å². The zero-order chi connectivity index (χ0) is 24.5. The largest absolute Gasteiger partial charge is 0.490 e. The molecule has 3 aromatic carbocycles. The maximum atomic E-state index is 12.9. The molecule has 2 atom stereocenters. The summed E-state index contributed by atoms with van der Waals surface area (Å²) in [4.78, 5) is 19.7. The van der Waals surface area contributed by atoms with Crippen LogP contribution in [0.25, 0.3) is 11.0 Å². The van der Waals surface area contributed by atoms with Gasteiger partial charge in [0.05, 0.1) is 17.6 Å². The van der Waals surface area contributed by atoms with Gasteiger partial charge in [0.1, 0.15) is 24.3 Å². The quantitative estimate of drug-likeness (QED) is 0.417. The third kappa shape index (κ3) is 4.66. The number of rotatable bonds is 7. The highest BCUT2D eigenvalue weighted by atomic mass is 16.5. The standard InChI is InChI=1S/C29H31N3O3/c1-19-11-13-23(14-12-19)31-16-22(15-27(31)34)29-30-25-9-4-5-10-26(25)32(29)17-24(33)18-35-28-20(2)7-6-8-21(28)3/h4-14,22,24,33H,15-18H2,1-3H3/t22-,24-/m0/s1. The van der Waals surface area contributed by atoms with Crippen molar-refractivity contribution in [1.82, 2.24) is 9.55 Å². The van der Waals surface area contributed by atoms with E-state index in [1.165, 1.54) is 0 Å². The van der Waals surface area contributed by atoms with Crippen molar-refractivity contribution in [1.29, 1.82) is 0 Å². The smallest absolute Gasteiger partial charge is 0.227 e. The molecule has 1 fully saturated rings. The molecule has 0 radical (unpaired) electrons. The van der Waals surface area contributed by atoms with Crippen LogP contribution in [0.15, 0.2) is 66.7 Å². The number of ether oxygens (including phenoxy) is 1. The molecule has 180 valence electrons. The maximum absolute atomic E-state index is 12.9.